The van der Waals surface area contributed by atoms with Gasteiger partial charge in [0.25, 0.3) is 0 Å². The van der Waals surface area contributed by atoms with Crippen LogP contribution >= 0.6 is 0 Å². The van der Waals surface area contributed by atoms with Gasteiger partial charge in [-0.15, -0.1) is 0 Å². The van der Waals surface area contributed by atoms with Crippen LogP contribution in [0.2, 0.25) is 0 Å². The molecule has 0 bridgehead atoms. The summed E-state index contributed by atoms with van der Waals surface area (Å²) in [6.07, 6.45) is 14.9. The minimum atomic E-state index is 0.637. The van der Waals surface area contributed by atoms with Crippen LogP contribution in [0.4, 0.5) is 0 Å². The van der Waals surface area contributed by atoms with E-state index in [1.807, 2.05) is 43.3 Å². The molecule has 29 heavy (non-hydrogen) atoms. The van der Waals surface area contributed by atoms with Crippen molar-refractivity contribution in [1.82, 2.24) is 0 Å². The number of hydrogen-bond acceptors (Lipinski definition) is 4. The molecule has 0 spiro atoms. The maximum Gasteiger partial charge on any atom is 0.0884 e. The highest BCUT2D eigenvalue weighted by Gasteiger charge is 2.07. The summed E-state index contributed by atoms with van der Waals surface area (Å²) in [5.74, 6) is 0. The molecule has 0 aliphatic heterocycles. The van der Waals surface area contributed by atoms with Crippen LogP contribution in [0.15, 0.2) is 126 Å². The summed E-state index contributed by atoms with van der Waals surface area (Å²) in [7, 11) is 0. The van der Waals surface area contributed by atoms with E-state index in [9.17, 15) is 0 Å². The highest BCUT2D eigenvalue weighted by Crippen LogP contribution is 2.20. The predicted molar refractivity (Wildman–Crippen MR) is 130 cm³/mol. The Morgan fingerprint density at radius 3 is 2.07 bits per heavy atom. The lowest BCUT2D eigenvalue weighted by Crippen LogP contribution is -2.04. The Morgan fingerprint density at radius 2 is 1.48 bits per heavy atom. The standard InChI is InChI=1S/C25H26N4/c1-7-20(16-21(8-2)24(28-11-5)18-26-9-3)22-14-13-15-23(17-22)25(29-12-6)19-27-10-4/h7-19H,2-6H2,1H3/b20-7+,21-16+,26-18?,27-19?,28-24?,29-25?. The van der Waals surface area contributed by atoms with Gasteiger partial charge in [0.05, 0.1) is 23.9 Å². The molecule has 0 heterocycles. The van der Waals surface area contributed by atoms with E-state index in [4.69, 9.17) is 0 Å². The van der Waals surface area contributed by atoms with Gasteiger partial charge in [-0.25, -0.2) is 0 Å². The maximum absolute atomic E-state index is 4.30. The summed E-state index contributed by atoms with van der Waals surface area (Å²) in [4.78, 5) is 16.7. The largest absolute Gasteiger partial charge is 0.263 e. The summed E-state index contributed by atoms with van der Waals surface area (Å²) >= 11 is 0. The molecule has 0 aromatic heterocycles. The van der Waals surface area contributed by atoms with E-state index in [-0.39, 0.29) is 0 Å². The maximum atomic E-state index is 4.30. The molecule has 1 aromatic rings. The van der Waals surface area contributed by atoms with Crippen molar-refractivity contribution in [2.45, 2.75) is 6.92 Å². The average Bonchev–Trinajstić information content (AvgIpc) is 2.75. The molecule has 0 N–H and O–H groups in total. The molecular weight excluding hydrogens is 356 g/mol. The fourth-order valence-corrected chi connectivity index (χ4v) is 2.40. The van der Waals surface area contributed by atoms with Gasteiger partial charge < -0.3 is 0 Å². The zero-order valence-electron chi connectivity index (χ0n) is 16.8. The number of rotatable bonds is 11. The van der Waals surface area contributed by atoms with E-state index in [1.165, 1.54) is 24.8 Å². The van der Waals surface area contributed by atoms with E-state index in [2.05, 4.69) is 52.9 Å². The minimum Gasteiger partial charge on any atom is -0.263 e. The van der Waals surface area contributed by atoms with Gasteiger partial charge in [-0.2, -0.15) is 0 Å². The molecule has 0 saturated heterocycles. The highest BCUT2D eigenvalue weighted by atomic mass is 14.8. The number of allylic oxidation sites excluding steroid dienone is 5. The normalized spacial score (nSPS) is 13.6. The van der Waals surface area contributed by atoms with Crippen LogP contribution in [0.5, 0.6) is 0 Å². The second-order valence-corrected chi connectivity index (χ2v) is 5.44. The molecular formula is C25H26N4. The third-order valence-electron chi connectivity index (χ3n) is 3.69. The summed E-state index contributed by atoms with van der Waals surface area (Å²) in [6.45, 7) is 20.4. The lowest BCUT2D eigenvalue weighted by molar-refractivity contribution is 1.52. The van der Waals surface area contributed by atoms with E-state index in [0.29, 0.717) is 11.4 Å². The molecule has 146 valence electrons. The molecule has 0 amide bonds. The second-order valence-electron chi connectivity index (χ2n) is 5.44. The first-order valence-corrected chi connectivity index (χ1v) is 8.92. The topological polar surface area (TPSA) is 49.4 Å². The Labute approximate surface area is 173 Å². The van der Waals surface area contributed by atoms with Crippen molar-refractivity contribution in [1.29, 1.82) is 0 Å². The summed E-state index contributed by atoms with van der Waals surface area (Å²) in [5, 5.41) is 0. The van der Waals surface area contributed by atoms with Crippen molar-refractivity contribution in [2.24, 2.45) is 20.0 Å². The molecule has 0 fully saturated rings. The Bertz CT molecular complexity index is 951. The van der Waals surface area contributed by atoms with E-state index >= 15 is 0 Å². The number of aliphatic imine (C=N–C) groups is 4. The van der Waals surface area contributed by atoms with Crippen molar-refractivity contribution >= 4 is 29.4 Å². The van der Waals surface area contributed by atoms with Gasteiger partial charge in [0.1, 0.15) is 0 Å². The smallest absolute Gasteiger partial charge is 0.0884 e. The lowest BCUT2D eigenvalue weighted by Gasteiger charge is -2.08. The fraction of sp³-hybridized carbons (Fsp3) is 0.0400. The molecule has 0 saturated carbocycles. The number of hydrogen-bond donors (Lipinski definition) is 0. The fourth-order valence-electron chi connectivity index (χ4n) is 2.40. The van der Waals surface area contributed by atoms with Gasteiger partial charge in [-0.3, -0.25) is 20.0 Å². The first-order chi connectivity index (χ1) is 14.1. The molecule has 0 unspecified atom stereocenters. The van der Waals surface area contributed by atoms with Crippen LogP contribution in [-0.4, -0.2) is 23.9 Å². The van der Waals surface area contributed by atoms with Gasteiger partial charge in [0, 0.05) is 35.9 Å². The van der Waals surface area contributed by atoms with Crippen LogP contribution in [-0.2, 0) is 0 Å². The Kier molecular flexibility index (Phi) is 10.6. The van der Waals surface area contributed by atoms with Crippen LogP contribution < -0.4 is 0 Å². The predicted octanol–water partition coefficient (Wildman–Crippen LogP) is 6.15. The Hall–Kier alpha value is -3.92. The van der Waals surface area contributed by atoms with Gasteiger partial charge in [0.2, 0.25) is 0 Å². The summed E-state index contributed by atoms with van der Waals surface area (Å²) in [6, 6.07) is 7.99. The van der Waals surface area contributed by atoms with Gasteiger partial charge in [-0.1, -0.05) is 63.2 Å². The SMILES string of the molecule is C=CN=CC(=NC=C)/C(C=C)=C/C(=C\C)c1cccc(C(C=NC=C)=NC=C)c1. The van der Waals surface area contributed by atoms with Gasteiger partial charge >= 0.3 is 0 Å². The molecule has 4 nitrogen and oxygen atoms in total. The van der Waals surface area contributed by atoms with E-state index in [1.54, 1.807) is 18.5 Å². The summed E-state index contributed by atoms with van der Waals surface area (Å²) in [5.41, 5.74) is 5.04. The minimum absolute atomic E-state index is 0.637. The molecule has 4 heteroatoms. The monoisotopic (exact) mass is 382 g/mol. The first kappa shape index (κ1) is 23.1. The lowest BCUT2D eigenvalue weighted by atomic mass is 9.98. The van der Waals surface area contributed by atoms with Crippen LogP contribution in [0.25, 0.3) is 5.57 Å². The average molecular weight is 383 g/mol. The van der Waals surface area contributed by atoms with E-state index in [0.717, 1.165) is 22.3 Å². The third kappa shape index (κ3) is 7.31. The van der Waals surface area contributed by atoms with Gasteiger partial charge in [-0.05, 0) is 30.2 Å². The van der Waals surface area contributed by atoms with E-state index < -0.39 is 0 Å². The molecule has 0 atom stereocenters. The number of nitrogens with zero attached hydrogens (tertiary/aromatic N) is 4. The van der Waals surface area contributed by atoms with Crippen molar-refractivity contribution < 1.29 is 0 Å². The zero-order valence-corrected chi connectivity index (χ0v) is 16.8. The molecule has 1 rings (SSSR count). The van der Waals surface area contributed by atoms with Crippen molar-refractivity contribution in [3.05, 3.63) is 117 Å². The van der Waals surface area contributed by atoms with Crippen LogP contribution in [0.1, 0.15) is 18.1 Å². The molecule has 1 aromatic carbocycles. The third-order valence-corrected chi connectivity index (χ3v) is 3.69. The zero-order chi connectivity index (χ0) is 21.5. The van der Waals surface area contributed by atoms with Crippen molar-refractivity contribution in [2.75, 3.05) is 0 Å². The van der Waals surface area contributed by atoms with Crippen molar-refractivity contribution in [3.8, 4) is 0 Å². The molecule has 0 aliphatic carbocycles. The first-order valence-electron chi connectivity index (χ1n) is 8.92. The quantitative estimate of drug-likeness (QED) is 0.326. The van der Waals surface area contributed by atoms with Crippen LogP contribution in [0, 0.1) is 0 Å². The summed E-state index contributed by atoms with van der Waals surface area (Å²) < 4.78 is 0. The van der Waals surface area contributed by atoms with Crippen molar-refractivity contribution in [3.63, 3.8) is 0 Å². The van der Waals surface area contributed by atoms with Crippen LogP contribution in [0.3, 0.4) is 0 Å². The number of benzene rings is 1. The van der Waals surface area contributed by atoms with Gasteiger partial charge in [0.15, 0.2) is 0 Å². The molecule has 0 aliphatic rings. The Balaban J connectivity index is 3.47. The highest BCUT2D eigenvalue weighted by molar-refractivity contribution is 6.40. The molecule has 0 radical (unpaired) electrons. The Morgan fingerprint density at radius 1 is 0.828 bits per heavy atom. The second kappa shape index (κ2) is 13.3.